The molecule has 21 heavy (non-hydrogen) atoms. The summed E-state index contributed by atoms with van der Waals surface area (Å²) in [5, 5.41) is 22.6. The van der Waals surface area contributed by atoms with Crippen LogP contribution in [0.3, 0.4) is 0 Å². The number of nitrogens with one attached hydrogen (secondary N) is 2. The predicted octanol–water partition coefficient (Wildman–Crippen LogP) is 2.29. The van der Waals surface area contributed by atoms with Gasteiger partial charge in [-0.2, -0.15) is 8.73 Å². The molecule has 2 amide bonds. The van der Waals surface area contributed by atoms with Gasteiger partial charge in [-0.25, -0.2) is 9.59 Å². The van der Waals surface area contributed by atoms with E-state index in [2.05, 4.69) is 19.4 Å². The Morgan fingerprint density at radius 3 is 2.62 bits per heavy atom. The summed E-state index contributed by atoms with van der Waals surface area (Å²) >= 11 is 12.8. The third kappa shape index (κ3) is 3.50. The summed E-state index contributed by atoms with van der Waals surface area (Å²) in [6.07, 6.45) is -1.70. The molecule has 0 aromatic heterocycles. The second kappa shape index (κ2) is 6.39. The van der Waals surface area contributed by atoms with Crippen molar-refractivity contribution in [2.75, 3.05) is 11.9 Å². The van der Waals surface area contributed by atoms with Crippen LogP contribution >= 0.6 is 23.2 Å². The second-order valence-electron chi connectivity index (χ2n) is 3.87. The molecule has 1 heterocycles. The molecule has 0 aliphatic carbocycles. The van der Waals surface area contributed by atoms with Crippen molar-refractivity contribution in [2.45, 2.75) is 6.10 Å². The molecule has 1 aromatic rings. The Morgan fingerprint density at radius 2 is 1.95 bits per heavy atom. The van der Waals surface area contributed by atoms with Crippen molar-refractivity contribution in [3.63, 3.8) is 0 Å². The lowest BCUT2D eigenvalue weighted by molar-refractivity contribution is -0.146. The van der Waals surface area contributed by atoms with Crippen molar-refractivity contribution in [1.82, 2.24) is 5.32 Å². The average Bonchev–Trinajstić information content (AvgIpc) is 2.90. The highest BCUT2D eigenvalue weighted by Crippen LogP contribution is 2.47. The number of hydrogen-bond donors (Lipinski definition) is 4. The fourth-order valence-corrected chi connectivity index (χ4v) is 2.59. The van der Waals surface area contributed by atoms with Gasteiger partial charge in [-0.05, 0) is 6.07 Å². The molecule has 0 radical (unpaired) electrons. The summed E-state index contributed by atoms with van der Waals surface area (Å²) in [5.41, 5.74) is 0.922. The second-order valence-corrected chi connectivity index (χ2v) is 5.21. The highest BCUT2D eigenvalue weighted by atomic mass is 35.5. The first-order valence-electron chi connectivity index (χ1n) is 5.46. The van der Waals surface area contributed by atoms with Gasteiger partial charge in [-0.1, -0.05) is 23.2 Å². The van der Waals surface area contributed by atoms with Gasteiger partial charge in [0.15, 0.2) is 6.10 Å². The number of benzene rings is 1. The molecule has 8 nitrogen and oxygen atoms in total. The van der Waals surface area contributed by atoms with E-state index in [9.17, 15) is 9.59 Å². The minimum absolute atomic E-state index is 0.161. The van der Waals surface area contributed by atoms with E-state index in [-0.39, 0.29) is 10.7 Å². The molecule has 0 unspecified atom stereocenters. The topological polar surface area (TPSA) is 123 Å². The van der Waals surface area contributed by atoms with Crippen molar-refractivity contribution >= 4 is 63.6 Å². The van der Waals surface area contributed by atoms with E-state index in [1.54, 1.807) is 0 Å². The van der Waals surface area contributed by atoms with Crippen LogP contribution in [0.2, 0.25) is 10.0 Å². The SMILES string of the molecule is O=C(NC[C@H](O)C(=O)O)Nc1c(Cl)cc(Cl)c2c1N=S=N2. The van der Waals surface area contributed by atoms with E-state index >= 15 is 0 Å². The van der Waals surface area contributed by atoms with Crippen LogP contribution in [0.5, 0.6) is 0 Å². The molecule has 1 atom stereocenters. The van der Waals surface area contributed by atoms with Crippen molar-refractivity contribution in [3.8, 4) is 0 Å². The summed E-state index contributed by atoms with van der Waals surface area (Å²) < 4.78 is 7.97. The van der Waals surface area contributed by atoms with Gasteiger partial charge in [0.2, 0.25) is 0 Å². The monoisotopic (exact) mass is 350 g/mol. The number of amides is 2. The Labute approximate surface area is 131 Å². The lowest BCUT2D eigenvalue weighted by Gasteiger charge is -2.12. The lowest BCUT2D eigenvalue weighted by atomic mass is 10.2. The first kappa shape index (κ1) is 15.7. The minimum atomic E-state index is -1.70. The Bertz CT molecular complexity index is 690. The number of halogens is 2. The zero-order valence-electron chi connectivity index (χ0n) is 10.1. The summed E-state index contributed by atoms with van der Waals surface area (Å²) in [5.74, 6) is -1.44. The molecule has 0 spiro atoms. The molecule has 0 fully saturated rings. The summed E-state index contributed by atoms with van der Waals surface area (Å²) in [7, 11) is 0. The van der Waals surface area contributed by atoms with E-state index in [1.165, 1.54) is 6.07 Å². The van der Waals surface area contributed by atoms with Crippen LogP contribution in [0.4, 0.5) is 21.9 Å². The van der Waals surface area contributed by atoms with E-state index in [0.29, 0.717) is 16.4 Å². The van der Waals surface area contributed by atoms with Crippen molar-refractivity contribution in [1.29, 1.82) is 0 Å². The number of urea groups is 1. The number of hydrogen-bond acceptors (Lipinski definition) is 5. The molecule has 1 aliphatic heterocycles. The van der Waals surface area contributed by atoms with Crippen LogP contribution in [0.15, 0.2) is 14.8 Å². The molecule has 0 saturated carbocycles. The molecular formula is C10H8Cl2N4O4S. The number of carbonyl (C=O) groups excluding carboxylic acids is 1. The molecule has 11 heteroatoms. The normalized spacial score (nSPS) is 13.3. The van der Waals surface area contributed by atoms with Gasteiger partial charge in [0.1, 0.15) is 11.4 Å². The van der Waals surface area contributed by atoms with Crippen LogP contribution < -0.4 is 10.6 Å². The number of fused-ring (bicyclic) bond motifs is 1. The average molecular weight is 351 g/mol. The Kier molecular flexibility index (Phi) is 4.78. The van der Waals surface area contributed by atoms with Gasteiger partial charge >= 0.3 is 12.0 Å². The number of carbonyl (C=O) groups is 2. The van der Waals surface area contributed by atoms with E-state index in [0.717, 1.165) is 11.4 Å². The lowest BCUT2D eigenvalue weighted by Crippen LogP contribution is -2.38. The summed E-state index contributed by atoms with van der Waals surface area (Å²) in [4.78, 5) is 22.1. The third-order valence-electron chi connectivity index (χ3n) is 2.42. The largest absolute Gasteiger partial charge is 0.479 e. The van der Waals surface area contributed by atoms with Gasteiger partial charge < -0.3 is 20.8 Å². The van der Waals surface area contributed by atoms with Gasteiger partial charge in [-0.15, -0.1) is 0 Å². The third-order valence-corrected chi connectivity index (χ3v) is 3.54. The van der Waals surface area contributed by atoms with Crippen LogP contribution in [0.1, 0.15) is 0 Å². The predicted molar refractivity (Wildman–Crippen MR) is 78.7 cm³/mol. The maximum atomic E-state index is 11.7. The van der Waals surface area contributed by atoms with Gasteiger partial charge in [-0.3, -0.25) is 0 Å². The minimum Gasteiger partial charge on any atom is -0.479 e. The fourth-order valence-electron chi connectivity index (χ4n) is 1.43. The molecule has 4 N–H and O–H groups in total. The van der Waals surface area contributed by atoms with E-state index in [4.69, 9.17) is 33.4 Å². The molecular weight excluding hydrogens is 343 g/mol. The van der Waals surface area contributed by atoms with Gasteiger partial charge in [0.25, 0.3) is 0 Å². The quantitative estimate of drug-likeness (QED) is 0.675. The molecule has 112 valence electrons. The highest BCUT2D eigenvalue weighted by molar-refractivity contribution is 7.58. The van der Waals surface area contributed by atoms with E-state index in [1.807, 2.05) is 0 Å². The van der Waals surface area contributed by atoms with Crippen molar-refractivity contribution in [3.05, 3.63) is 16.1 Å². The van der Waals surface area contributed by atoms with Gasteiger partial charge in [0.05, 0.1) is 33.6 Å². The van der Waals surface area contributed by atoms with Crippen LogP contribution in [0, 0.1) is 0 Å². The number of rotatable bonds is 4. The van der Waals surface area contributed by atoms with Crippen molar-refractivity contribution < 1.29 is 19.8 Å². The zero-order chi connectivity index (χ0) is 15.6. The number of anilines is 1. The molecule has 0 saturated heterocycles. The van der Waals surface area contributed by atoms with Crippen molar-refractivity contribution in [2.24, 2.45) is 8.73 Å². The Hall–Kier alpha value is -1.68. The maximum absolute atomic E-state index is 11.7. The summed E-state index contributed by atoms with van der Waals surface area (Å²) in [6.45, 7) is -0.454. The number of aliphatic carboxylic acids is 1. The summed E-state index contributed by atoms with van der Waals surface area (Å²) in [6, 6.07) is 0.669. The maximum Gasteiger partial charge on any atom is 0.334 e. The smallest absolute Gasteiger partial charge is 0.334 e. The fraction of sp³-hybridized carbons (Fsp3) is 0.200. The van der Waals surface area contributed by atoms with Crippen LogP contribution in [0.25, 0.3) is 0 Å². The Morgan fingerprint density at radius 1 is 1.29 bits per heavy atom. The first-order chi connectivity index (χ1) is 9.90. The number of aliphatic hydroxyl groups excluding tert-OH is 1. The first-order valence-corrected chi connectivity index (χ1v) is 6.94. The number of carboxylic acid groups (broad SMARTS) is 1. The molecule has 1 aliphatic rings. The standard InChI is InChI=1S/C10H8Cl2N4O4S/c11-3-1-4(12)7-8(16-21-15-7)6(3)14-10(20)13-2-5(17)9(18)19/h1,5,17H,2H2,(H,18,19)(H2,13,14,20)/t5-/m0/s1. The van der Waals surface area contributed by atoms with Crippen LogP contribution in [-0.4, -0.2) is 34.9 Å². The number of aliphatic hydroxyl groups is 1. The van der Waals surface area contributed by atoms with Crippen LogP contribution in [-0.2, 0) is 16.1 Å². The Balaban J connectivity index is 2.11. The van der Waals surface area contributed by atoms with E-state index < -0.39 is 24.6 Å². The molecule has 1 aromatic carbocycles. The highest BCUT2D eigenvalue weighted by Gasteiger charge is 2.21. The molecule has 2 rings (SSSR count). The number of carboxylic acids is 1. The number of nitrogens with zero attached hydrogens (tertiary/aromatic N) is 2. The van der Waals surface area contributed by atoms with Gasteiger partial charge in [0, 0.05) is 0 Å². The molecule has 0 bridgehead atoms. The zero-order valence-corrected chi connectivity index (χ0v) is 12.5.